The lowest BCUT2D eigenvalue weighted by molar-refractivity contribution is -0.123. The van der Waals surface area contributed by atoms with Crippen molar-refractivity contribution < 1.29 is 9.53 Å². The standard InChI is InChI=1S/C31H43N5O2/c37-31(26-8-9-26)32-28-10-6-24(7-11-28)12-13-34-14-16-35(17-15-34)29-22-27(25-4-2-1-3-5-25)23-30(33-29)36-18-20-38-21-19-36/h1-5,22-24,26,28H,6-21H2,(H,32,37). The summed E-state index contributed by atoms with van der Waals surface area (Å²) < 4.78 is 5.59. The average molecular weight is 518 g/mol. The number of piperazine rings is 1. The van der Waals surface area contributed by atoms with Gasteiger partial charge in [0.2, 0.25) is 5.91 Å². The van der Waals surface area contributed by atoms with Crippen LogP contribution >= 0.6 is 0 Å². The van der Waals surface area contributed by atoms with E-state index in [1.54, 1.807) is 0 Å². The maximum atomic E-state index is 12.1. The van der Waals surface area contributed by atoms with E-state index in [2.05, 4.69) is 62.5 Å². The third-order valence-electron chi connectivity index (χ3n) is 8.93. The molecule has 2 aliphatic carbocycles. The Hall–Kier alpha value is -2.64. The minimum Gasteiger partial charge on any atom is -0.378 e. The number of rotatable bonds is 8. The molecule has 2 saturated carbocycles. The van der Waals surface area contributed by atoms with Crippen LogP contribution in [0.5, 0.6) is 0 Å². The second-order valence-corrected chi connectivity index (χ2v) is 11.7. The molecule has 2 aliphatic heterocycles. The SMILES string of the molecule is O=C(NC1CCC(CCN2CCN(c3cc(-c4ccccc4)cc(N4CCOCC4)n3)CC2)CC1)C1CC1. The zero-order chi connectivity index (χ0) is 25.7. The van der Waals surface area contributed by atoms with Crippen LogP contribution in [0.15, 0.2) is 42.5 Å². The first-order valence-corrected chi connectivity index (χ1v) is 14.9. The fourth-order valence-corrected chi connectivity index (χ4v) is 6.24. The van der Waals surface area contributed by atoms with Crippen molar-refractivity contribution in [3.63, 3.8) is 0 Å². The largest absolute Gasteiger partial charge is 0.378 e. The van der Waals surface area contributed by atoms with Crippen molar-refractivity contribution in [3.05, 3.63) is 42.5 Å². The van der Waals surface area contributed by atoms with E-state index in [1.807, 2.05) is 0 Å². The molecule has 38 heavy (non-hydrogen) atoms. The van der Waals surface area contributed by atoms with E-state index in [0.717, 1.165) is 95.7 Å². The highest BCUT2D eigenvalue weighted by atomic mass is 16.5. The zero-order valence-corrected chi connectivity index (χ0v) is 22.7. The first kappa shape index (κ1) is 25.6. The predicted octanol–water partition coefficient (Wildman–Crippen LogP) is 4.18. The summed E-state index contributed by atoms with van der Waals surface area (Å²) in [6.45, 7) is 8.74. The van der Waals surface area contributed by atoms with Crippen molar-refractivity contribution in [3.8, 4) is 11.1 Å². The summed E-state index contributed by atoms with van der Waals surface area (Å²) in [5, 5.41) is 3.30. The molecule has 0 unspecified atom stereocenters. The molecule has 1 N–H and O–H groups in total. The minimum atomic E-state index is 0.312. The van der Waals surface area contributed by atoms with Crippen molar-refractivity contribution in [1.82, 2.24) is 15.2 Å². The summed E-state index contributed by atoms with van der Waals surface area (Å²) in [6.07, 6.45) is 8.31. The number of hydrogen-bond donors (Lipinski definition) is 1. The monoisotopic (exact) mass is 517 g/mol. The normalized spacial score (nSPS) is 24.8. The van der Waals surface area contributed by atoms with Crippen LogP contribution in [-0.4, -0.2) is 80.9 Å². The van der Waals surface area contributed by atoms with Gasteiger partial charge in [-0.15, -0.1) is 0 Å². The molecule has 7 nitrogen and oxygen atoms in total. The quantitative estimate of drug-likeness (QED) is 0.567. The topological polar surface area (TPSA) is 60.9 Å². The van der Waals surface area contributed by atoms with Gasteiger partial charge in [0.15, 0.2) is 0 Å². The molecular weight excluding hydrogens is 474 g/mol. The minimum absolute atomic E-state index is 0.312. The van der Waals surface area contributed by atoms with Gasteiger partial charge in [-0.25, -0.2) is 4.98 Å². The molecule has 0 atom stereocenters. The van der Waals surface area contributed by atoms with Crippen LogP contribution < -0.4 is 15.1 Å². The molecule has 0 radical (unpaired) electrons. The van der Waals surface area contributed by atoms with Gasteiger partial charge in [-0.3, -0.25) is 9.69 Å². The maximum Gasteiger partial charge on any atom is 0.223 e. The molecule has 1 aromatic heterocycles. The first-order valence-electron chi connectivity index (χ1n) is 14.9. The van der Waals surface area contributed by atoms with Crippen LogP contribution in [-0.2, 0) is 9.53 Å². The predicted molar refractivity (Wildman–Crippen MR) is 153 cm³/mol. The van der Waals surface area contributed by atoms with E-state index in [9.17, 15) is 4.79 Å². The Morgan fingerprint density at radius 2 is 1.47 bits per heavy atom. The van der Waals surface area contributed by atoms with Crippen LogP contribution in [0, 0.1) is 11.8 Å². The van der Waals surface area contributed by atoms with Crippen LogP contribution in [0.3, 0.4) is 0 Å². The molecule has 1 aromatic carbocycles. The molecular formula is C31H43N5O2. The zero-order valence-electron chi connectivity index (χ0n) is 22.7. The van der Waals surface area contributed by atoms with Crippen molar-refractivity contribution in [1.29, 1.82) is 0 Å². The molecule has 204 valence electrons. The summed E-state index contributed by atoms with van der Waals surface area (Å²) in [5.41, 5.74) is 2.48. The molecule has 2 saturated heterocycles. The number of carbonyl (C=O) groups excluding carboxylic acids is 1. The van der Waals surface area contributed by atoms with E-state index in [0.29, 0.717) is 17.9 Å². The van der Waals surface area contributed by atoms with E-state index >= 15 is 0 Å². The molecule has 0 spiro atoms. The highest BCUT2D eigenvalue weighted by molar-refractivity contribution is 5.81. The van der Waals surface area contributed by atoms with Crippen LogP contribution in [0.2, 0.25) is 0 Å². The van der Waals surface area contributed by atoms with Crippen LogP contribution in [0.4, 0.5) is 11.6 Å². The van der Waals surface area contributed by atoms with E-state index in [-0.39, 0.29) is 0 Å². The Bertz CT molecular complexity index is 1050. The summed E-state index contributed by atoms with van der Waals surface area (Å²) in [7, 11) is 0. The Morgan fingerprint density at radius 1 is 0.816 bits per heavy atom. The van der Waals surface area contributed by atoms with Crippen molar-refractivity contribution in [2.24, 2.45) is 11.8 Å². The Morgan fingerprint density at radius 3 is 2.13 bits per heavy atom. The van der Waals surface area contributed by atoms with Gasteiger partial charge in [-0.2, -0.15) is 0 Å². The van der Waals surface area contributed by atoms with Crippen molar-refractivity contribution in [2.75, 3.05) is 68.8 Å². The molecule has 4 fully saturated rings. The van der Waals surface area contributed by atoms with E-state index in [4.69, 9.17) is 9.72 Å². The van der Waals surface area contributed by atoms with Gasteiger partial charge in [0.05, 0.1) is 13.2 Å². The number of hydrogen-bond acceptors (Lipinski definition) is 6. The summed E-state index contributed by atoms with van der Waals surface area (Å²) in [6, 6.07) is 15.6. The Balaban J connectivity index is 1.02. The number of morpholine rings is 1. The molecule has 6 rings (SSSR count). The number of ether oxygens (including phenoxy) is 1. The molecule has 1 amide bonds. The van der Waals surface area contributed by atoms with Crippen LogP contribution in [0.1, 0.15) is 44.9 Å². The third kappa shape index (κ3) is 6.49. The number of amides is 1. The van der Waals surface area contributed by atoms with E-state index in [1.165, 1.54) is 36.9 Å². The molecule has 3 heterocycles. The van der Waals surface area contributed by atoms with Gasteiger partial charge in [-0.05, 0) is 80.7 Å². The smallest absolute Gasteiger partial charge is 0.223 e. The molecule has 2 aromatic rings. The Kier molecular flexibility index (Phi) is 8.12. The fourth-order valence-electron chi connectivity index (χ4n) is 6.24. The highest BCUT2D eigenvalue weighted by Gasteiger charge is 2.32. The Labute approximate surface area is 227 Å². The van der Waals surface area contributed by atoms with Crippen molar-refractivity contribution in [2.45, 2.75) is 51.0 Å². The second-order valence-electron chi connectivity index (χ2n) is 11.7. The maximum absolute atomic E-state index is 12.1. The van der Waals surface area contributed by atoms with Gasteiger partial charge < -0.3 is 19.9 Å². The number of benzene rings is 1. The highest BCUT2D eigenvalue weighted by Crippen LogP contribution is 2.32. The van der Waals surface area contributed by atoms with Gasteiger partial charge in [0.1, 0.15) is 11.6 Å². The number of pyridine rings is 1. The third-order valence-corrected chi connectivity index (χ3v) is 8.93. The number of nitrogens with one attached hydrogen (secondary N) is 1. The van der Waals surface area contributed by atoms with E-state index < -0.39 is 0 Å². The lowest BCUT2D eigenvalue weighted by Gasteiger charge is -2.37. The molecule has 7 heteroatoms. The lowest BCUT2D eigenvalue weighted by atomic mass is 9.84. The second kappa shape index (κ2) is 12.0. The molecule has 4 aliphatic rings. The number of aromatic nitrogens is 1. The summed E-state index contributed by atoms with van der Waals surface area (Å²) in [5.74, 6) is 3.61. The first-order chi connectivity index (χ1) is 18.7. The van der Waals surface area contributed by atoms with Gasteiger partial charge in [0.25, 0.3) is 0 Å². The van der Waals surface area contributed by atoms with Crippen LogP contribution in [0.25, 0.3) is 11.1 Å². The lowest BCUT2D eigenvalue weighted by Crippen LogP contribution is -2.47. The number of carbonyl (C=O) groups is 1. The van der Waals surface area contributed by atoms with Crippen molar-refractivity contribution >= 4 is 17.5 Å². The summed E-state index contributed by atoms with van der Waals surface area (Å²) in [4.78, 5) is 24.7. The van der Waals surface area contributed by atoms with Gasteiger partial charge in [-0.1, -0.05) is 30.3 Å². The molecule has 0 bridgehead atoms. The van der Waals surface area contributed by atoms with Gasteiger partial charge >= 0.3 is 0 Å². The summed E-state index contributed by atoms with van der Waals surface area (Å²) >= 11 is 0. The number of anilines is 2. The van der Waals surface area contributed by atoms with Gasteiger partial charge in [0, 0.05) is 51.2 Å². The average Bonchev–Trinajstić information content (AvgIpc) is 3.84. The fraction of sp³-hybridized carbons (Fsp3) is 0.613. The number of nitrogens with zero attached hydrogens (tertiary/aromatic N) is 4.